The van der Waals surface area contributed by atoms with Crippen LogP contribution in [0.2, 0.25) is 0 Å². The first-order chi connectivity index (χ1) is 11.9. The van der Waals surface area contributed by atoms with Gasteiger partial charge in [-0.2, -0.15) is 9.97 Å². The molecule has 25 heavy (non-hydrogen) atoms. The summed E-state index contributed by atoms with van der Waals surface area (Å²) in [6.07, 6.45) is 0.552. The summed E-state index contributed by atoms with van der Waals surface area (Å²) >= 11 is 0. The Balaban J connectivity index is 3.10. The van der Waals surface area contributed by atoms with Gasteiger partial charge in [0.2, 0.25) is 11.8 Å². The van der Waals surface area contributed by atoms with E-state index in [2.05, 4.69) is 20.0 Å². The Bertz CT molecular complexity index is 637. The van der Waals surface area contributed by atoms with E-state index >= 15 is 0 Å². The van der Waals surface area contributed by atoms with Crippen molar-refractivity contribution >= 4 is 11.9 Å². The fourth-order valence-electron chi connectivity index (χ4n) is 1.72. The van der Waals surface area contributed by atoms with Crippen molar-refractivity contribution in [2.45, 2.75) is 33.2 Å². The van der Waals surface area contributed by atoms with Crippen LogP contribution in [-0.4, -0.2) is 49.2 Å². The van der Waals surface area contributed by atoms with Gasteiger partial charge < -0.3 is 24.3 Å². The molecule has 0 aliphatic carbocycles. The monoisotopic (exact) mass is 353 g/mol. The topological polar surface area (TPSA) is 109 Å². The molecule has 0 aliphatic rings. The smallest absolute Gasteiger partial charge is 0.328 e. The predicted molar refractivity (Wildman–Crippen MR) is 88.4 cm³/mol. The van der Waals surface area contributed by atoms with Gasteiger partial charge in [-0.3, -0.25) is 4.79 Å². The number of carbonyl (C=O) groups excluding carboxylic acids is 2. The number of amides is 1. The number of methoxy groups -OCH3 is 3. The lowest BCUT2D eigenvalue weighted by Gasteiger charge is -2.15. The van der Waals surface area contributed by atoms with Gasteiger partial charge in [0.1, 0.15) is 6.04 Å². The minimum Gasteiger partial charge on any atom is -0.481 e. The number of ether oxygens (including phenoxy) is 4. The van der Waals surface area contributed by atoms with Crippen molar-refractivity contribution in [1.82, 2.24) is 15.3 Å². The van der Waals surface area contributed by atoms with E-state index in [1.54, 1.807) is 6.92 Å². The molecule has 0 spiro atoms. The second-order valence-corrected chi connectivity index (χ2v) is 5.02. The van der Waals surface area contributed by atoms with Crippen molar-refractivity contribution in [3.8, 4) is 17.8 Å². The van der Waals surface area contributed by atoms with Crippen LogP contribution < -0.4 is 19.5 Å². The summed E-state index contributed by atoms with van der Waals surface area (Å²) in [5.41, 5.74) is 0.653. The molecule has 0 unspecified atom stereocenters. The quantitative estimate of drug-likeness (QED) is 0.422. The van der Waals surface area contributed by atoms with Gasteiger partial charge in [-0.15, -0.1) is 0 Å². The molecule has 9 heteroatoms. The molecule has 0 bridgehead atoms. The summed E-state index contributed by atoms with van der Waals surface area (Å²) in [6.45, 7) is 5.10. The van der Waals surface area contributed by atoms with E-state index in [0.717, 1.165) is 0 Å². The lowest BCUT2D eigenvalue weighted by Crippen LogP contribution is -2.41. The lowest BCUT2D eigenvalue weighted by molar-refractivity contribution is -0.144. The fraction of sp³-hybridized carbons (Fsp3) is 0.500. The highest BCUT2D eigenvalue weighted by atomic mass is 16.5. The van der Waals surface area contributed by atoms with Crippen LogP contribution >= 0.6 is 0 Å². The number of nitrogens with zero attached hydrogens (tertiary/aromatic N) is 2. The molecule has 138 valence electrons. The third-order valence-electron chi connectivity index (χ3n) is 3.30. The van der Waals surface area contributed by atoms with Crippen molar-refractivity contribution in [1.29, 1.82) is 0 Å². The molecule has 0 fully saturated rings. The van der Waals surface area contributed by atoms with Gasteiger partial charge in [0.25, 0.3) is 5.91 Å². The number of hydrogen-bond acceptors (Lipinski definition) is 8. The van der Waals surface area contributed by atoms with Gasteiger partial charge in [0.15, 0.2) is 5.76 Å². The molecule has 1 aromatic heterocycles. The van der Waals surface area contributed by atoms with E-state index in [4.69, 9.17) is 14.2 Å². The molecule has 1 atom stereocenters. The van der Waals surface area contributed by atoms with E-state index in [9.17, 15) is 9.59 Å². The second-order valence-electron chi connectivity index (χ2n) is 5.02. The zero-order valence-electron chi connectivity index (χ0n) is 15.2. The van der Waals surface area contributed by atoms with Gasteiger partial charge in [-0.25, -0.2) is 4.79 Å². The third-order valence-corrected chi connectivity index (χ3v) is 3.30. The number of allylic oxidation sites excluding steroid dienone is 1. The molecule has 0 aliphatic heterocycles. The average Bonchev–Trinajstić information content (AvgIpc) is 2.63. The Kier molecular flexibility index (Phi) is 7.64. The Morgan fingerprint density at radius 1 is 1.16 bits per heavy atom. The summed E-state index contributed by atoms with van der Waals surface area (Å²) in [5.74, 6) is -0.713. The van der Waals surface area contributed by atoms with Gasteiger partial charge in [-0.05, 0) is 25.8 Å². The van der Waals surface area contributed by atoms with Crippen molar-refractivity contribution in [3.63, 3.8) is 0 Å². The first-order valence-corrected chi connectivity index (χ1v) is 7.59. The van der Waals surface area contributed by atoms with Gasteiger partial charge in [-0.1, -0.05) is 6.92 Å². The highest BCUT2D eigenvalue weighted by molar-refractivity contribution is 5.95. The third kappa shape index (κ3) is 5.63. The number of rotatable bonds is 8. The maximum atomic E-state index is 12.5. The number of aromatic nitrogens is 2. The second kappa shape index (κ2) is 9.45. The zero-order chi connectivity index (χ0) is 19.0. The van der Waals surface area contributed by atoms with E-state index in [1.807, 2.05) is 6.92 Å². The van der Waals surface area contributed by atoms with E-state index in [-0.39, 0.29) is 23.5 Å². The summed E-state index contributed by atoms with van der Waals surface area (Å²) in [4.78, 5) is 32.0. The maximum Gasteiger partial charge on any atom is 0.328 e. The first kappa shape index (κ1) is 20.2. The van der Waals surface area contributed by atoms with Crippen molar-refractivity contribution in [2.24, 2.45) is 0 Å². The summed E-state index contributed by atoms with van der Waals surface area (Å²) in [7, 11) is 4.11. The number of nitrogens with one attached hydrogen (secondary N) is 1. The minimum atomic E-state index is -0.832. The zero-order valence-corrected chi connectivity index (χ0v) is 15.2. The van der Waals surface area contributed by atoms with Crippen LogP contribution in [0, 0.1) is 0 Å². The lowest BCUT2D eigenvalue weighted by atomic mass is 10.2. The molecule has 0 radical (unpaired) electrons. The predicted octanol–water partition coefficient (Wildman–Crippen LogP) is 1.23. The van der Waals surface area contributed by atoms with Crippen molar-refractivity contribution < 1.29 is 28.5 Å². The summed E-state index contributed by atoms with van der Waals surface area (Å²) < 4.78 is 20.2. The molecule has 1 N–H and O–H groups in total. The molecule has 9 nitrogen and oxygen atoms in total. The fourth-order valence-corrected chi connectivity index (χ4v) is 1.72. The summed E-state index contributed by atoms with van der Waals surface area (Å²) in [6, 6.07) is 0.531. The number of hydrogen-bond donors (Lipinski definition) is 1. The molecule has 1 heterocycles. The van der Waals surface area contributed by atoms with Gasteiger partial charge >= 0.3 is 12.0 Å². The molecular weight excluding hydrogens is 330 g/mol. The first-order valence-electron chi connectivity index (χ1n) is 7.59. The van der Waals surface area contributed by atoms with E-state index < -0.39 is 17.9 Å². The van der Waals surface area contributed by atoms with Crippen LogP contribution in [0.5, 0.6) is 17.8 Å². The van der Waals surface area contributed by atoms with Crippen molar-refractivity contribution in [2.75, 3.05) is 21.3 Å². The molecule has 1 aromatic rings. The molecule has 0 saturated carbocycles. The normalized spacial score (nSPS) is 12.6. The Morgan fingerprint density at radius 3 is 2.16 bits per heavy atom. The molecule has 1 rings (SSSR count). The molecule has 0 saturated heterocycles. The highest BCUT2D eigenvalue weighted by Gasteiger charge is 2.22. The van der Waals surface area contributed by atoms with Crippen LogP contribution in [-0.2, 0) is 14.3 Å². The summed E-state index contributed by atoms with van der Waals surface area (Å²) in [5, 5.41) is 2.51. The van der Waals surface area contributed by atoms with E-state index in [1.165, 1.54) is 34.3 Å². The van der Waals surface area contributed by atoms with Crippen molar-refractivity contribution in [3.05, 3.63) is 17.4 Å². The van der Waals surface area contributed by atoms with Crippen LogP contribution in [0.4, 0.5) is 0 Å². The molecular formula is C16H23N3O6. The Labute approximate surface area is 146 Å². The highest BCUT2D eigenvalue weighted by Crippen LogP contribution is 2.21. The maximum absolute atomic E-state index is 12.5. The average molecular weight is 353 g/mol. The molecule has 0 aromatic carbocycles. The van der Waals surface area contributed by atoms with Crippen LogP contribution in [0.25, 0.3) is 0 Å². The van der Waals surface area contributed by atoms with Crippen LogP contribution in [0.3, 0.4) is 0 Å². The SMILES string of the molecule is CCC(C)=C(Oc1nc(OC)cc(OC)n1)C(=O)N[C@@H](C)C(=O)OC. The number of esters is 1. The van der Waals surface area contributed by atoms with Crippen LogP contribution in [0.1, 0.15) is 27.2 Å². The number of carbonyl (C=O) groups is 2. The Morgan fingerprint density at radius 2 is 1.72 bits per heavy atom. The van der Waals surface area contributed by atoms with Crippen LogP contribution in [0.15, 0.2) is 17.4 Å². The largest absolute Gasteiger partial charge is 0.481 e. The van der Waals surface area contributed by atoms with Gasteiger partial charge in [0, 0.05) is 0 Å². The Hall–Kier alpha value is -2.84. The van der Waals surface area contributed by atoms with Gasteiger partial charge in [0.05, 0.1) is 27.4 Å². The molecule has 1 amide bonds. The minimum absolute atomic E-state index is 0.00596. The van der Waals surface area contributed by atoms with E-state index in [0.29, 0.717) is 12.0 Å². The standard InChI is InChI=1S/C16H23N3O6/c1-7-9(2)13(14(20)17-10(3)15(21)24-6)25-16-18-11(22-4)8-12(19-16)23-5/h8,10H,7H2,1-6H3,(H,17,20)/t10-/m0/s1.